The molecule has 9 heteroatoms. The summed E-state index contributed by atoms with van der Waals surface area (Å²) in [6.07, 6.45) is 8.23. The van der Waals surface area contributed by atoms with Crippen LogP contribution in [0.25, 0.3) is 11.3 Å². The van der Waals surface area contributed by atoms with Gasteiger partial charge in [0.15, 0.2) is 0 Å². The Balaban J connectivity index is 1.50. The van der Waals surface area contributed by atoms with Gasteiger partial charge < -0.3 is 14.6 Å². The molecular weight excluding hydrogens is 546 g/mol. The molecule has 1 N–H and O–H groups in total. The van der Waals surface area contributed by atoms with Crippen LogP contribution in [0.4, 0.5) is 11.5 Å². The van der Waals surface area contributed by atoms with Crippen LogP contribution in [0, 0.1) is 6.92 Å². The predicted molar refractivity (Wildman–Crippen MR) is 172 cm³/mol. The Labute approximate surface area is 252 Å². The fourth-order valence-electron chi connectivity index (χ4n) is 5.07. The Morgan fingerprint density at radius 3 is 2.43 bits per heavy atom. The molecule has 1 fully saturated rings. The van der Waals surface area contributed by atoms with Crippen LogP contribution < -0.4 is 15.9 Å². The molecule has 3 aromatic rings. The number of benzene rings is 2. The number of carbonyl (C=O) groups excluding carboxylic acids is 1. The number of hydrogen-bond acceptors (Lipinski definition) is 7. The minimum atomic E-state index is -0.214. The number of rotatable bonds is 6. The number of anilines is 2. The predicted octanol–water partition coefficient (Wildman–Crippen LogP) is 5.57. The normalized spacial score (nSPS) is 15.8. The molecule has 218 valence electrons. The van der Waals surface area contributed by atoms with Gasteiger partial charge in [-0.15, -0.1) is 0 Å². The fraction of sp³-hybridized carbons (Fsp3) is 0.333. The van der Waals surface area contributed by atoms with Crippen molar-refractivity contribution in [1.82, 2.24) is 14.6 Å². The number of nitrogens with zero attached hydrogens (tertiary/aromatic N) is 4. The molecule has 0 spiro atoms. The van der Waals surface area contributed by atoms with Crippen LogP contribution in [-0.2, 0) is 17.2 Å². The quantitative estimate of drug-likeness (QED) is 0.380. The van der Waals surface area contributed by atoms with Gasteiger partial charge in [-0.2, -0.15) is 0 Å². The van der Waals surface area contributed by atoms with Crippen LogP contribution in [0.15, 0.2) is 77.4 Å². The molecule has 2 aliphatic rings. The standard InChI is InChI=1S/C33H37N5O3S/c1-22-27(7-6-8-28(22)35-31(39)23-9-11-24(12-10-23)33(2,3)4)29-21-36(5)32(40)30(34-29)38(37-17-19-41-20-18-37)25-13-15-26(42)16-14-25/h6-15,21H,16-20H2,1-5H3,(H,35,39). The summed E-state index contributed by atoms with van der Waals surface area (Å²) >= 11 is 5.36. The number of ether oxygens (including phenoxy) is 1. The van der Waals surface area contributed by atoms with E-state index in [1.165, 1.54) is 5.56 Å². The molecule has 1 aliphatic carbocycles. The first-order valence-electron chi connectivity index (χ1n) is 14.2. The van der Waals surface area contributed by atoms with Gasteiger partial charge in [0.2, 0.25) is 5.82 Å². The van der Waals surface area contributed by atoms with Gasteiger partial charge in [0.1, 0.15) is 0 Å². The van der Waals surface area contributed by atoms with Gasteiger partial charge in [-0.05, 0) is 53.8 Å². The summed E-state index contributed by atoms with van der Waals surface area (Å²) in [4.78, 5) is 32.5. The van der Waals surface area contributed by atoms with E-state index in [0.717, 1.165) is 21.7 Å². The van der Waals surface area contributed by atoms with Crippen molar-refractivity contribution in [3.05, 3.63) is 99.6 Å². The monoisotopic (exact) mass is 583 g/mol. The summed E-state index contributed by atoms with van der Waals surface area (Å²) in [5.41, 5.74) is 5.40. The van der Waals surface area contributed by atoms with Crippen LogP contribution in [0.5, 0.6) is 0 Å². The zero-order valence-corrected chi connectivity index (χ0v) is 25.6. The molecular formula is C33H37N5O3S. The number of hydrazine groups is 1. The SMILES string of the molecule is Cc1c(NC(=O)c2ccc(C(C)(C)C)cc2)cccc1-c1cn(C)c(=O)c(N(C2=CCC(=S)C=C2)N2CCOCC2)n1. The molecule has 1 aliphatic heterocycles. The minimum Gasteiger partial charge on any atom is -0.379 e. The van der Waals surface area contributed by atoms with Crippen molar-refractivity contribution >= 4 is 34.5 Å². The van der Waals surface area contributed by atoms with Crippen molar-refractivity contribution in [3.63, 3.8) is 0 Å². The second-order valence-electron chi connectivity index (χ2n) is 11.6. The lowest BCUT2D eigenvalue weighted by atomic mass is 9.86. The van der Waals surface area contributed by atoms with E-state index in [-0.39, 0.29) is 16.9 Å². The van der Waals surface area contributed by atoms with Gasteiger partial charge in [-0.1, -0.05) is 63.3 Å². The van der Waals surface area contributed by atoms with Crippen molar-refractivity contribution in [2.24, 2.45) is 7.05 Å². The lowest BCUT2D eigenvalue weighted by molar-refractivity contribution is 0.0355. The number of hydrogen-bond donors (Lipinski definition) is 1. The molecule has 8 nitrogen and oxygen atoms in total. The van der Waals surface area contributed by atoms with E-state index in [1.807, 2.05) is 72.6 Å². The van der Waals surface area contributed by atoms with Gasteiger partial charge >= 0.3 is 0 Å². The van der Waals surface area contributed by atoms with Gasteiger partial charge in [0.25, 0.3) is 11.5 Å². The highest BCUT2D eigenvalue weighted by atomic mass is 32.1. The summed E-state index contributed by atoms with van der Waals surface area (Å²) in [6.45, 7) is 10.8. The number of allylic oxidation sites excluding steroid dienone is 3. The molecule has 2 aromatic carbocycles. The summed E-state index contributed by atoms with van der Waals surface area (Å²) in [5.74, 6) is 0.116. The van der Waals surface area contributed by atoms with Crippen LogP contribution in [0.1, 0.15) is 48.7 Å². The number of aryl methyl sites for hydroxylation is 1. The smallest absolute Gasteiger partial charge is 0.295 e. The van der Waals surface area contributed by atoms with Crippen molar-refractivity contribution in [2.45, 2.75) is 39.5 Å². The van der Waals surface area contributed by atoms with Crippen molar-refractivity contribution in [1.29, 1.82) is 0 Å². The zero-order valence-electron chi connectivity index (χ0n) is 24.8. The Hall–Kier alpha value is -3.92. The van der Waals surface area contributed by atoms with Crippen molar-refractivity contribution < 1.29 is 9.53 Å². The minimum absolute atomic E-state index is 0.00938. The van der Waals surface area contributed by atoms with E-state index in [1.54, 1.807) is 17.8 Å². The molecule has 2 heterocycles. The van der Waals surface area contributed by atoms with Gasteiger partial charge in [-0.25, -0.2) is 9.99 Å². The zero-order chi connectivity index (χ0) is 30.0. The number of amides is 1. The highest BCUT2D eigenvalue weighted by Gasteiger charge is 2.27. The summed E-state index contributed by atoms with van der Waals surface area (Å²) in [7, 11) is 1.73. The third kappa shape index (κ3) is 6.28. The first-order chi connectivity index (χ1) is 20.0. The van der Waals surface area contributed by atoms with Crippen LogP contribution >= 0.6 is 12.2 Å². The maximum absolute atomic E-state index is 13.6. The van der Waals surface area contributed by atoms with Crippen molar-refractivity contribution in [3.8, 4) is 11.3 Å². The molecule has 0 saturated carbocycles. The first kappa shape index (κ1) is 29.6. The Bertz CT molecular complexity index is 1630. The average Bonchev–Trinajstić information content (AvgIpc) is 2.97. The second-order valence-corrected chi connectivity index (χ2v) is 12.2. The molecule has 0 atom stereocenters. The van der Waals surface area contributed by atoms with Crippen LogP contribution in [0.3, 0.4) is 0 Å². The molecule has 0 radical (unpaired) electrons. The van der Waals surface area contributed by atoms with Gasteiger partial charge in [0, 0.05) is 54.4 Å². The number of morpholine rings is 1. The maximum atomic E-state index is 13.6. The summed E-state index contributed by atoms with van der Waals surface area (Å²) in [6, 6.07) is 13.4. The second kappa shape index (κ2) is 12.1. The summed E-state index contributed by atoms with van der Waals surface area (Å²) < 4.78 is 7.15. The first-order valence-corrected chi connectivity index (χ1v) is 14.6. The van der Waals surface area contributed by atoms with Gasteiger partial charge in [-0.3, -0.25) is 14.6 Å². The third-order valence-corrected chi connectivity index (χ3v) is 7.90. The topological polar surface area (TPSA) is 79.7 Å². The molecule has 1 aromatic heterocycles. The molecule has 5 rings (SSSR count). The highest BCUT2D eigenvalue weighted by Crippen LogP contribution is 2.30. The van der Waals surface area contributed by atoms with E-state index in [9.17, 15) is 9.59 Å². The number of carbonyl (C=O) groups is 1. The number of thiocarbonyl (C=S) groups is 1. The average molecular weight is 584 g/mol. The number of aromatic nitrogens is 2. The third-order valence-electron chi connectivity index (χ3n) is 7.59. The van der Waals surface area contributed by atoms with E-state index in [4.69, 9.17) is 21.9 Å². The van der Waals surface area contributed by atoms with E-state index in [2.05, 4.69) is 31.1 Å². The van der Waals surface area contributed by atoms with E-state index < -0.39 is 0 Å². The van der Waals surface area contributed by atoms with Crippen LogP contribution in [0.2, 0.25) is 0 Å². The van der Waals surface area contributed by atoms with Crippen LogP contribution in [-0.4, -0.2) is 51.6 Å². The Morgan fingerprint density at radius 2 is 1.79 bits per heavy atom. The van der Waals surface area contributed by atoms with Gasteiger partial charge in [0.05, 0.1) is 24.6 Å². The lowest BCUT2D eigenvalue weighted by Gasteiger charge is -2.38. The molecule has 42 heavy (non-hydrogen) atoms. The molecule has 1 saturated heterocycles. The molecule has 0 bridgehead atoms. The highest BCUT2D eigenvalue weighted by molar-refractivity contribution is 7.80. The lowest BCUT2D eigenvalue weighted by Crippen LogP contribution is -2.50. The van der Waals surface area contributed by atoms with Crippen molar-refractivity contribution in [2.75, 3.05) is 36.6 Å². The number of nitrogens with one attached hydrogen (secondary N) is 1. The Kier molecular flexibility index (Phi) is 8.54. The van der Waals surface area contributed by atoms with E-state index in [0.29, 0.717) is 55.5 Å². The fourth-order valence-corrected chi connectivity index (χ4v) is 5.22. The Morgan fingerprint density at radius 1 is 1.07 bits per heavy atom. The van der Waals surface area contributed by atoms with E-state index >= 15 is 0 Å². The molecule has 1 amide bonds. The maximum Gasteiger partial charge on any atom is 0.295 e. The largest absolute Gasteiger partial charge is 0.379 e. The summed E-state index contributed by atoms with van der Waals surface area (Å²) in [5, 5.41) is 7.06. The molecule has 0 unspecified atom stereocenters.